The molecule has 1 N–H and O–H groups in total. The van der Waals surface area contributed by atoms with Crippen molar-refractivity contribution in [3.05, 3.63) is 33.4 Å². The number of rotatable bonds is 3. The van der Waals surface area contributed by atoms with E-state index in [0.717, 1.165) is 38.1 Å². The van der Waals surface area contributed by atoms with Gasteiger partial charge in [0.2, 0.25) is 5.75 Å². The van der Waals surface area contributed by atoms with E-state index in [1.54, 1.807) is 0 Å². The molecule has 1 saturated heterocycles. The lowest BCUT2D eigenvalue weighted by molar-refractivity contribution is -0.386. The zero-order valence-corrected chi connectivity index (χ0v) is 12.1. The van der Waals surface area contributed by atoms with E-state index in [4.69, 9.17) is 0 Å². The summed E-state index contributed by atoms with van der Waals surface area (Å²) in [5, 5.41) is 20.4. The lowest BCUT2D eigenvalue weighted by atomic mass is 9.99. The Balaban J connectivity index is 2.35. The molecule has 0 spiro atoms. The zero-order valence-electron chi connectivity index (χ0n) is 12.1. The largest absolute Gasteiger partial charge is 0.502 e. The van der Waals surface area contributed by atoms with Gasteiger partial charge < -0.3 is 5.11 Å². The minimum Gasteiger partial charge on any atom is -0.502 e. The Morgan fingerprint density at radius 3 is 2.68 bits per heavy atom. The summed E-state index contributed by atoms with van der Waals surface area (Å²) in [6.07, 6.45) is -2.81. The third kappa shape index (κ3) is 3.68. The van der Waals surface area contributed by atoms with Crippen molar-refractivity contribution in [3.8, 4) is 5.75 Å². The van der Waals surface area contributed by atoms with Crippen LogP contribution in [0.5, 0.6) is 5.75 Å². The molecule has 0 amide bonds. The first-order chi connectivity index (χ1) is 10.2. The van der Waals surface area contributed by atoms with E-state index in [2.05, 4.69) is 6.92 Å². The van der Waals surface area contributed by atoms with Gasteiger partial charge in [-0.3, -0.25) is 15.0 Å². The highest BCUT2D eigenvalue weighted by atomic mass is 19.4. The molecule has 22 heavy (non-hydrogen) atoms. The molecule has 1 aliphatic rings. The van der Waals surface area contributed by atoms with Crippen molar-refractivity contribution in [3.63, 3.8) is 0 Å². The van der Waals surface area contributed by atoms with E-state index in [-0.39, 0.29) is 12.1 Å². The van der Waals surface area contributed by atoms with Crippen LogP contribution in [0.15, 0.2) is 12.1 Å². The molecular weight excluding hydrogens is 301 g/mol. The lowest BCUT2D eigenvalue weighted by Gasteiger charge is -2.30. The molecule has 0 saturated carbocycles. The second-order valence-electron chi connectivity index (χ2n) is 5.75. The van der Waals surface area contributed by atoms with Crippen LogP contribution in [0, 0.1) is 16.0 Å². The first-order valence-electron chi connectivity index (χ1n) is 6.98. The van der Waals surface area contributed by atoms with Gasteiger partial charge in [0.25, 0.3) is 0 Å². The molecule has 5 nitrogen and oxygen atoms in total. The van der Waals surface area contributed by atoms with Gasteiger partial charge in [0.05, 0.1) is 4.92 Å². The summed E-state index contributed by atoms with van der Waals surface area (Å²) in [6.45, 7) is 3.76. The number of likely N-dealkylation sites (tertiary alicyclic amines) is 1. The molecule has 1 atom stereocenters. The van der Waals surface area contributed by atoms with E-state index in [1.165, 1.54) is 0 Å². The summed E-state index contributed by atoms with van der Waals surface area (Å²) in [5.74, 6) is -0.879. The van der Waals surface area contributed by atoms with Gasteiger partial charge in [-0.1, -0.05) is 6.92 Å². The number of alkyl halides is 3. The van der Waals surface area contributed by atoms with Crippen LogP contribution in [-0.4, -0.2) is 28.0 Å². The Labute approximate surface area is 125 Å². The van der Waals surface area contributed by atoms with E-state index in [1.807, 2.05) is 4.90 Å². The van der Waals surface area contributed by atoms with Crippen molar-refractivity contribution in [1.29, 1.82) is 0 Å². The number of piperidine rings is 1. The SMILES string of the molecule is CC1CCCN(Cc2cc([N+](=O)[O-])c(O)c(C(F)(F)F)c2)C1. The molecule has 0 aliphatic carbocycles. The standard InChI is InChI=1S/C14H17F3N2O3/c1-9-3-2-4-18(7-9)8-10-5-11(14(15,16)17)13(20)12(6-10)19(21)22/h5-6,9,20H,2-4,7-8H2,1H3. The maximum absolute atomic E-state index is 12.9. The van der Waals surface area contributed by atoms with Gasteiger partial charge in [-0.05, 0) is 36.9 Å². The number of phenolic OH excluding ortho intramolecular Hbond substituents is 1. The molecule has 1 aliphatic heterocycles. The van der Waals surface area contributed by atoms with Gasteiger partial charge in [0, 0.05) is 19.2 Å². The van der Waals surface area contributed by atoms with Crippen LogP contribution in [0.2, 0.25) is 0 Å². The fourth-order valence-corrected chi connectivity index (χ4v) is 2.81. The second kappa shape index (κ2) is 6.12. The topological polar surface area (TPSA) is 66.6 Å². The maximum Gasteiger partial charge on any atom is 0.420 e. The average Bonchev–Trinajstić information content (AvgIpc) is 2.39. The summed E-state index contributed by atoms with van der Waals surface area (Å²) in [5.41, 5.74) is -2.08. The Kier molecular flexibility index (Phi) is 4.60. The van der Waals surface area contributed by atoms with Crippen LogP contribution in [0.4, 0.5) is 18.9 Å². The van der Waals surface area contributed by atoms with Gasteiger partial charge in [-0.2, -0.15) is 13.2 Å². The Morgan fingerprint density at radius 1 is 1.45 bits per heavy atom. The molecule has 0 aromatic heterocycles. The highest BCUT2D eigenvalue weighted by molar-refractivity contribution is 5.54. The minimum atomic E-state index is -4.83. The summed E-state index contributed by atoms with van der Waals surface area (Å²) >= 11 is 0. The van der Waals surface area contributed by atoms with E-state index in [0.29, 0.717) is 5.92 Å². The number of nitro groups is 1. The van der Waals surface area contributed by atoms with Crippen molar-refractivity contribution in [1.82, 2.24) is 4.90 Å². The van der Waals surface area contributed by atoms with Crippen LogP contribution in [-0.2, 0) is 12.7 Å². The van der Waals surface area contributed by atoms with Crippen LogP contribution < -0.4 is 0 Å². The predicted molar refractivity (Wildman–Crippen MR) is 73.4 cm³/mol. The number of nitro benzene ring substituents is 1. The summed E-state index contributed by atoms with van der Waals surface area (Å²) < 4.78 is 38.7. The molecule has 1 fully saturated rings. The smallest absolute Gasteiger partial charge is 0.420 e. The monoisotopic (exact) mass is 318 g/mol. The summed E-state index contributed by atoms with van der Waals surface area (Å²) in [4.78, 5) is 11.8. The molecule has 2 rings (SSSR count). The average molecular weight is 318 g/mol. The number of phenols is 1. The van der Waals surface area contributed by atoms with E-state index in [9.17, 15) is 28.4 Å². The molecular formula is C14H17F3N2O3. The van der Waals surface area contributed by atoms with Crippen LogP contribution in [0.25, 0.3) is 0 Å². The number of nitrogens with zero attached hydrogens (tertiary/aromatic N) is 2. The van der Waals surface area contributed by atoms with Gasteiger partial charge in [0.15, 0.2) is 0 Å². The fourth-order valence-electron chi connectivity index (χ4n) is 2.81. The summed E-state index contributed by atoms with van der Waals surface area (Å²) in [7, 11) is 0. The molecule has 1 aromatic carbocycles. The molecule has 0 bridgehead atoms. The first kappa shape index (κ1) is 16.5. The number of aromatic hydroxyl groups is 1. The number of halogens is 3. The Hall–Kier alpha value is -1.83. The van der Waals surface area contributed by atoms with Gasteiger partial charge in [0.1, 0.15) is 5.56 Å². The van der Waals surface area contributed by atoms with Crippen molar-refractivity contribution in [2.45, 2.75) is 32.5 Å². The minimum absolute atomic E-state index is 0.186. The van der Waals surface area contributed by atoms with E-state index < -0.39 is 28.1 Å². The molecule has 1 unspecified atom stereocenters. The number of hydrogen-bond donors (Lipinski definition) is 1. The van der Waals surface area contributed by atoms with Crippen LogP contribution in [0.1, 0.15) is 30.9 Å². The van der Waals surface area contributed by atoms with Crippen LogP contribution >= 0.6 is 0 Å². The molecule has 0 radical (unpaired) electrons. The fraction of sp³-hybridized carbons (Fsp3) is 0.571. The van der Waals surface area contributed by atoms with Gasteiger partial charge in [-0.25, -0.2) is 0 Å². The predicted octanol–water partition coefficient (Wildman–Crippen LogP) is 3.55. The molecule has 8 heteroatoms. The van der Waals surface area contributed by atoms with Crippen molar-refractivity contribution < 1.29 is 23.2 Å². The first-order valence-corrected chi connectivity index (χ1v) is 6.98. The molecule has 122 valence electrons. The van der Waals surface area contributed by atoms with Crippen molar-refractivity contribution >= 4 is 5.69 Å². The third-order valence-corrected chi connectivity index (χ3v) is 3.80. The summed E-state index contributed by atoms with van der Waals surface area (Å²) in [6, 6.07) is 1.81. The number of hydrogen-bond acceptors (Lipinski definition) is 4. The highest BCUT2D eigenvalue weighted by Crippen LogP contribution is 2.41. The Morgan fingerprint density at radius 2 is 2.14 bits per heavy atom. The second-order valence-corrected chi connectivity index (χ2v) is 5.75. The van der Waals surface area contributed by atoms with E-state index >= 15 is 0 Å². The molecule has 1 heterocycles. The van der Waals surface area contributed by atoms with Gasteiger partial charge >= 0.3 is 11.9 Å². The zero-order chi connectivity index (χ0) is 16.5. The molecule has 1 aromatic rings. The van der Waals surface area contributed by atoms with Crippen molar-refractivity contribution in [2.75, 3.05) is 13.1 Å². The quantitative estimate of drug-likeness (QED) is 0.683. The number of benzene rings is 1. The lowest BCUT2D eigenvalue weighted by Crippen LogP contribution is -2.33. The van der Waals surface area contributed by atoms with Crippen LogP contribution in [0.3, 0.4) is 0 Å². The van der Waals surface area contributed by atoms with Gasteiger partial charge in [-0.15, -0.1) is 0 Å². The third-order valence-electron chi connectivity index (χ3n) is 3.80. The maximum atomic E-state index is 12.9. The Bertz CT molecular complexity index is 575. The van der Waals surface area contributed by atoms with Crippen molar-refractivity contribution in [2.24, 2.45) is 5.92 Å². The highest BCUT2D eigenvalue weighted by Gasteiger charge is 2.38. The normalized spacial score (nSPS) is 20.1.